The predicted molar refractivity (Wildman–Crippen MR) is 111 cm³/mol. The van der Waals surface area contributed by atoms with Crippen molar-refractivity contribution in [2.45, 2.75) is 26.8 Å². The maximum atomic E-state index is 14.1. The smallest absolute Gasteiger partial charge is 0.231 e. The first-order valence-electron chi connectivity index (χ1n) is 9.79. The Bertz CT molecular complexity index is 974. The van der Waals surface area contributed by atoms with Crippen molar-refractivity contribution in [2.75, 3.05) is 13.1 Å². The summed E-state index contributed by atoms with van der Waals surface area (Å²) < 4.78 is 20.0. The average Bonchev–Trinajstić information content (AvgIpc) is 2.96. The van der Waals surface area contributed by atoms with Gasteiger partial charge < -0.3 is 9.84 Å². The molecule has 1 saturated heterocycles. The van der Waals surface area contributed by atoms with Gasteiger partial charge in [0.1, 0.15) is 17.3 Å². The fraction of sp³-hybridized carbons (Fsp3) is 0.348. The Balaban J connectivity index is 1.67. The summed E-state index contributed by atoms with van der Waals surface area (Å²) >= 11 is 6.08. The molecule has 29 heavy (non-hydrogen) atoms. The number of carbonyl (C=O) groups excluding carboxylic acids is 1. The number of allylic oxidation sites excluding steroid dienone is 1. The van der Waals surface area contributed by atoms with E-state index in [0.29, 0.717) is 35.3 Å². The standard InChI is InChI=1S/C23H23ClFNO3/c1-13-8-14(2)11-26(10-13)12-17-20(27)7-6-15-22(28)21(29-23(15)17)9-16-18(24)4-3-5-19(16)25/h3-7,9,13-14,27H,8,10-12H2,1-2H3/t13-,14+. The van der Waals surface area contributed by atoms with Crippen molar-refractivity contribution in [3.8, 4) is 11.5 Å². The number of piperidine rings is 1. The third kappa shape index (κ3) is 3.89. The molecule has 0 aliphatic carbocycles. The number of benzene rings is 2. The number of Topliss-reactive ketones (excluding diaryl/α,β-unsaturated/α-hetero) is 1. The summed E-state index contributed by atoms with van der Waals surface area (Å²) in [4.78, 5) is 15.1. The van der Waals surface area contributed by atoms with E-state index in [1.54, 1.807) is 12.1 Å². The molecule has 4 nitrogen and oxygen atoms in total. The van der Waals surface area contributed by atoms with Gasteiger partial charge in [-0.1, -0.05) is 31.5 Å². The Morgan fingerprint density at radius 3 is 2.66 bits per heavy atom. The topological polar surface area (TPSA) is 49.8 Å². The minimum atomic E-state index is -0.531. The summed E-state index contributed by atoms with van der Waals surface area (Å²) in [5.41, 5.74) is 1.06. The molecule has 2 aromatic carbocycles. The number of ether oxygens (including phenoxy) is 1. The molecule has 0 saturated carbocycles. The lowest BCUT2D eigenvalue weighted by atomic mass is 9.91. The van der Waals surface area contributed by atoms with E-state index in [0.717, 1.165) is 13.1 Å². The van der Waals surface area contributed by atoms with Crippen molar-refractivity contribution < 1.29 is 19.0 Å². The molecule has 6 heteroatoms. The van der Waals surface area contributed by atoms with Crippen molar-refractivity contribution in [2.24, 2.45) is 11.8 Å². The Kier molecular flexibility index (Phi) is 5.36. The minimum Gasteiger partial charge on any atom is -0.507 e. The van der Waals surface area contributed by atoms with Gasteiger partial charge in [-0.3, -0.25) is 9.69 Å². The number of ketones is 1. The highest BCUT2D eigenvalue weighted by atomic mass is 35.5. The number of hydrogen-bond acceptors (Lipinski definition) is 4. The van der Waals surface area contributed by atoms with Crippen LogP contribution in [0, 0.1) is 17.7 Å². The van der Waals surface area contributed by atoms with Crippen LogP contribution in [0.5, 0.6) is 11.5 Å². The highest BCUT2D eigenvalue weighted by molar-refractivity contribution is 6.32. The van der Waals surface area contributed by atoms with Crippen LogP contribution in [-0.2, 0) is 6.54 Å². The van der Waals surface area contributed by atoms with Crippen LogP contribution >= 0.6 is 11.6 Å². The number of carbonyl (C=O) groups is 1. The summed E-state index contributed by atoms with van der Waals surface area (Å²) in [5.74, 6) is 0.696. The first-order chi connectivity index (χ1) is 13.8. The van der Waals surface area contributed by atoms with E-state index in [2.05, 4.69) is 18.7 Å². The normalized spacial score (nSPS) is 23.3. The van der Waals surface area contributed by atoms with Crippen molar-refractivity contribution in [1.82, 2.24) is 4.90 Å². The second-order valence-corrected chi connectivity index (χ2v) is 8.56. The molecule has 2 aliphatic heterocycles. The summed E-state index contributed by atoms with van der Waals surface area (Å²) in [6.07, 6.45) is 2.51. The summed E-state index contributed by atoms with van der Waals surface area (Å²) in [7, 11) is 0. The summed E-state index contributed by atoms with van der Waals surface area (Å²) in [6.45, 7) is 6.78. The first-order valence-corrected chi connectivity index (χ1v) is 10.2. The van der Waals surface area contributed by atoms with Gasteiger partial charge >= 0.3 is 0 Å². The third-order valence-electron chi connectivity index (χ3n) is 5.52. The lowest BCUT2D eigenvalue weighted by molar-refractivity contribution is 0.101. The lowest BCUT2D eigenvalue weighted by Gasteiger charge is -2.35. The largest absolute Gasteiger partial charge is 0.507 e. The van der Waals surface area contributed by atoms with Crippen LogP contribution in [0.3, 0.4) is 0 Å². The maximum Gasteiger partial charge on any atom is 0.231 e. The van der Waals surface area contributed by atoms with Crippen molar-refractivity contribution in [1.29, 1.82) is 0 Å². The van der Waals surface area contributed by atoms with Crippen molar-refractivity contribution in [3.05, 3.63) is 63.6 Å². The molecule has 1 fully saturated rings. The molecule has 4 rings (SSSR count). The number of fused-ring (bicyclic) bond motifs is 1. The minimum absolute atomic E-state index is 0.000713. The molecule has 0 spiro atoms. The SMILES string of the molecule is C[C@@H]1C[C@H](C)CN(Cc2c(O)ccc3c2OC(=Cc2c(F)cccc2Cl)C3=O)C1. The van der Waals surface area contributed by atoms with Crippen LogP contribution in [0.4, 0.5) is 4.39 Å². The number of hydrogen-bond donors (Lipinski definition) is 1. The highest BCUT2D eigenvalue weighted by Crippen LogP contribution is 2.41. The van der Waals surface area contributed by atoms with Gasteiger partial charge in [0.05, 0.1) is 16.1 Å². The zero-order chi connectivity index (χ0) is 20.7. The van der Waals surface area contributed by atoms with E-state index in [1.165, 1.54) is 30.7 Å². The molecule has 2 heterocycles. The number of nitrogens with zero attached hydrogens (tertiary/aromatic N) is 1. The van der Waals surface area contributed by atoms with Gasteiger partial charge in [0.15, 0.2) is 5.76 Å². The number of likely N-dealkylation sites (tertiary alicyclic amines) is 1. The summed E-state index contributed by atoms with van der Waals surface area (Å²) in [5, 5.41) is 10.7. The second-order valence-electron chi connectivity index (χ2n) is 8.16. The van der Waals surface area contributed by atoms with Gasteiger partial charge in [-0.2, -0.15) is 0 Å². The molecule has 2 aliphatic rings. The van der Waals surface area contributed by atoms with E-state index >= 15 is 0 Å². The molecular weight excluding hydrogens is 393 g/mol. The molecule has 0 bridgehead atoms. The fourth-order valence-corrected chi connectivity index (χ4v) is 4.59. The molecular formula is C23H23ClFNO3. The van der Waals surface area contributed by atoms with Crippen LogP contribution in [0.15, 0.2) is 36.1 Å². The molecule has 0 unspecified atom stereocenters. The molecule has 152 valence electrons. The monoisotopic (exact) mass is 415 g/mol. The van der Waals surface area contributed by atoms with Crippen LogP contribution in [0.2, 0.25) is 5.02 Å². The number of phenols is 1. The molecule has 0 amide bonds. The van der Waals surface area contributed by atoms with Gasteiger partial charge in [-0.05, 0) is 48.6 Å². The lowest BCUT2D eigenvalue weighted by Crippen LogP contribution is -2.38. The highest BCUT2D eigenvalue weighted by Gasteiger charge is 2.33. The number of aromatic hydroxyl groups is 1. The molecule has 1 N–H and O–H groups in total. The quantitative estimate of drug-likeness (QED) is 0.693. The van der Waals surface area contributed by atoms with E-state index in [9.17, 15) is 14.3 Å². The molecule has 2 aromatic rings. The van der Waals surface area contributed by atoms with Gasteiger partial charge in [0.2, 0.25) is 5.78 Å². The Labute approximate surface area is 174 Å². The number of rotatable bonds is 3. The zero-order valence-electron chi connectivity index (χ0n) is 16.4. The predicted octanol–water partition coefficient (Wildman–Crippen LogP) is 5.28. The average molecular weight is 416 g/mol. The molecule has 0 aromatic heterocycles. The summed E-state index contributed by atoms with van der Waals surface area (Å²) in [6, 6.07) is 7.40. The Morgan fingerprint density at radius 1 is 1.24 bits per heavy atom. The first kappa shape index (κ1) is 19.9. The number of phenolic OH excluding ortho intramolecular Hbond substituents is 1. The number of halogens is 2. The van der Waals surface area contributed by atoms with Crippen LogP contribution in [-0.4, -0.2) is 28.9 Å². The van der Waals surface area contributed by atoms with E-state index in [1.807, 2.05) is 0 Å². The van der Waals surface area contributed by atoms with Gasteiger partial charge in [0.25, 0.3) is 0 Å². The van der Waals surface area contributed by atoms with Gasteiger partial charge in [-0.15, -0.1) is 0 Å². The van der Waals surface area contributed by atoms with Crippen LogP contribution in [0.25, 0.3) is 6.08 Å². The van der Waals surface area contributed by atoms with Crippen molar-refractivity contribution in [3.63, 3.8) is 0 Å². The Morgan fingerprint density at radius 2 is 1.97 bits per heavy atom. The van der Waals surface area contributed by atoms with Gasteiger partial charge in [0, 0.05) is 25.2 Å². The second kappa shape index (κ2) is 7.81. The molecule has 0 radical (unpaired) electrons. The van der Waals surface area contributed by atoms with E-state index in [-0.39, 0.29) is 27.9 Å². The maximum absolute atomic E-state index is 14.1. The zero-order valence-corrected chi connectivity index (χ0v) is 17.2. The Hall–Kier alpha value is -2.37. The van der Waals surface area contributed by atoms with E-state index in [4.69, 9.17) is 16.3 Å². The van der Waals surface area contributed by atoms with Crippen molar-refractivity contribution >= 4 is 23.5 Å². The third-order valence-corrected chi connectivity index (χ3v) is 5.85. The fourth-order valence-electron chi connectivity index (χ4n) is 4.37. The van der Waals surface area contributed by atoms with Gasteiger partial charge in [-0.25, -0.2) is 4.39 Å². The van der Waals surface area contributed by atoms with Crippen LogP contribution in [0.1, 0.15) is 41.8 Å². The molecule has 2 atom stereocenters. The van der Waals surface area contributed by atoms with E-state index < -0.39 is 5.82 Å². The van der Waals surface area contributed by atoms with Crippen LogP contribution < -0.4 is 4.74 Å².